The van der Waals surface area contributed by atoms with Crippen molar-refractivity contribution in [2.75, 3.05) is 13.2 Å². The number of hydrogen-bond donors (Lipinski definition) is 0. The Bertz CT molecular complexity index is 356. The summed E-state index contributed by atoms with van der Waals surface area (Å²) in [5.41, 5.74) is 0.468. The van der Waals surface area contributed by atoms with Crippen LogP contribution < -0.4 is 0 Å². The van der Waals surface area contributed by atoms with Gasteiger partial charge in [0.05, 0.1) is 25.0 Å². The molecule has 0 amide bonds. The first-order chi connectivity index (χ1) is 7.91. The highest BCUT2D eigenvalue weighted by molar-refractivity contribution is 6.77. The largest absolute Gasteiger partial charge is 0.465 e. The van der Waals surface area contributed by atoms with E-state index in [0.29, 0.717) is 18.8 Å². The number of rotatable bonds is 1. The van der Waals surface area contributed by atoms with E-state index >= 15 is 0 Å². The van der Waals surface area contributed by atoms with Crippen LogP contribution >= 0.6 is 0 Å². The van der Waals surface area contributed by atoms with Crippen molar-refractivity contribution < 1.29 is 19.1 Å². The molecule has 0 N–H and O–H groups in total. The first-order valence-electron chi connectivity index (χ1n) is 6.24. The number of carbonyl (C=O) groups excluding carboxylic acids is 2. The maximum atomic E-state index is 11.8. The molecule has 2 aliphatic heterocycles. The molecular weight excluding hydrogens is 236 g/mol. The van der Waals surface area contributed by atoms with Crippen molar-refractivity contribution in [3.8, 4) is 0 Å². The summed E-state index contributed by atoms with van der Waals surface area (Å²) >= 11 is 0. The first kappa shape index (κ1) is 11.3. The first-order valence-corrected chi connectivity index (χ1v) is 9.82. The summed E-state index contributed by atoms with van der Waals surface area (Å²) in [5, 5.41) is 0. The Labute approximate surface area is 102 Å². The van der Waals surface area contributed by atoms with Crippen LogP contribution in [0.2, 0.25) is 25.2 Å². The topological polar surface area (TPSA) is 52.6 Å². The number of carbonyl (C=O) groups is 2. The van der Waals surface area contributed by atoms with E-state index in [4.69, 9.17) is 9.47 Å². The molecule has 1 saturated carbocycles. The molecular formula is C12H18O4Si. The smallest absolute Gasteiger partial charge is 0.310 e. The fourth-order valence-corrected chi connectivity index (χ4v) is 7.36. The zero-order valence-electron chi connectivity index (χ0n) is 10.4. The molecule has 0 radical (unpaired) electrons. The van der Waals surface area contributed by atoms with Gasteiger partial charge in [-0.05, 0) is 5.54 Å². The van der Waals surface area contributed by atoms with Crippen molar-refractivity contribution in [3.05, 3.63) is 0 Å². The fourth-order valence-electron chi connectivity index (χ4n) is 4.19. The van der Waals surface area contributed by atoms with Gasteiger partial charge in [0.15, 0.2) is 0 Å². The Morgan fingerprint density at radius 3 is 1.71 bits per heavy atom. The fraction of sp³-hybridized carbons (Fsp3) is 0.833. The van der Waals surface area contributed by atoms with Crippen molar-refractivity contribution >= 4 is 20.0 Å². The predicted molar refractivity (Wildman–Crippen MR) is 63.0 cm³/mol. The molecule has 0 bridgehead atoms. The van der Waals surface area contributed by atoms with Gasteiger partial charge in [-0.3, -0.25) is 9.59 Å². The van der Waals surface area contributed by atoms with Crippen molar-refractivity contribution in [2.45, 2.75) is 25.2 Å². The average molecular weight is 254 g/mol. The quantitative estimate of drug-likeness (QED) is 0.522. The number of fused-ring (bicyclic) bond motifs is 3. The number of ether oxygens (including phenoxy) is 2. The van der Waals surface area contributed by atoms with Crippen molar-refractivity contribution in [3.63, 3.8) is 0 Å². The van der Waals surface area contributed by atoms with Crippen LogP contribution in [0.1, 0.15) is 0 Å². The van der Waals surface area contributed by atoms with E-state index in [2.05, 4.69) is 19.6 Å². The van der Waals surface area contributed by atoms with E-state index in [-0.39, 0.29) is 35.6 Å². The van der Waals surface area contributed by atoms with Crippen LogP contribution in [0.25, 0.3) is 0 Å². The summed E-state index contributed by atoms with van der Waals surface area (Å²) in [7, 11) is -1.42. The maximum Gasteiger partial charge on any atom is 0.310 e. The molecule has 94 valence electrons. The summed E-state index contributed by atoms with van der Waals surface area (Å²) in [5.74, 6) is -0.262. The second-order valence-corrected chi connectivity index (χ2v) is 11.9. The van der Waals surface area contributed by atoms with E-state index in [1.54, 1.807) is 0 Å². The standard InChI is InChI=1S/C12H18O4Si/c1-17(2,3)10-6-4-15-11(13)8(6)9-7(10)5-16-12(9)14/h6-10H,4-5H2,1-3H3/t6-,7+,8+,9-,10?. The van der Waals surface area contributed by atoms with Crippen LogP contribution in [0.3, 0.4) is 0 Å². The molecule has 3 aliphatic rings. The monoisotopic (exact) mass is 254 g/mol. The maximum absolute atomic E-state index is 11.8. The van der Waals surface area contributed by atoms with Gasteiger partial charge in [0.25, 0.3) is 0 Å². The Morgan fingerprint density at radius 2 is 1.35 bits per heavy atom. The van der Waals surface area contributed by atoms with Gasteiger partial charge in [-0.25, -0.2) is 0 Å². The molecule has 5 heteroatoms. The Hall–Kier alpha value is -0.843. The zero-order valence-corrected chi connectivity index (χ0v) is 11.4. The van der Waals surface area contributed by atoms with Crippen molar-refractivity contribution in [1.29, 1.82) is 0 Å². The lowest BCUT2D eigenvalue weighted by Crippen LogP contribution is -2.36. The third-order valence-corrected chi connectivity index (χ3v) is 7.47. The number of cyclic esters (lactones) is 2. The van der Waals surface area contributed by atoms with Crippen LogP contribution in [0.5, 0.6) is 0 Å². The highest BCUT2D eigenvalue weighted by Crippen LogP contribution is 2.58. The van der Waals surface area contributed by atoms with Crippen LogP contribution in [-0.2, 0) is 19.1 Å². The molecule has 3 rings (SSSR count). The zero-order chi connectivity index (χ0) is 12.4. The van der Waals surface area contributed by atoms with Gasteiger partial charge >= 0.3 is 11.9 Å². The highest BCUT2D eigenvalue weighted by Gasteiger charge is 2.65. The summed E-state index contributed by atoms with van der Waals surface area (Å²) < 4.78 is 10.4. The third-order valence-electron chi connectivity index (χ3n) is 4.61. The lowest BCUT2D eigenvalue weighted by atomic mass is 9.90. The normalized spacial score (nSPS) is 44.3. The van der Waals surface area contributed by atoms with Gasteiger partial charge in [0, 0.05) is 19.9 Å². The van der Waals surface area contributed by atoms with Gasteiger partial charge < -0.3 is 9.47 Å². The van der Waals surface area contributed by atoms with Gasteiger partial charge in [-0.1, -0.05) is 19.6 Å². The molecule has 0 aromatic heterocycles. The average Bonchev–Trinajstić information content (AvgIpc) is 2.80. The molecule has 4 nitrogen and oxygen atoms in total. The predicted octanol–water partition coefficient (Wildman–Crippen LogP) is 1.29. The number of esters is 2. The van der Waals surface area contributed by atoms with E-state index in [1.807, 2.05) is 0 Å². The van der Waals surface area contributed by atoms with Crippen molar-refractivity contribution in [2.24, 2.45) is 23.7 Å². The molecule has 0 aromatic carbocycles. The SMILES string of the molecule is C[Si](C)(C)C1[C@H]2COC(=O)[C@H]2[C@H]2C(=O)OC[C@@H]12. The second-order valence-electron chi connectivity index (χ2n) is 6.53. The molecule has 1 aliphatic carbocycles. The minimum atomic E-state index is -1.42. The van der Waals surface area contributed by atoms with Crippen LogP contribution in [0.15, 0.2) is 0 Å². The van der Waals surface area contributed by atoms with Gasteiger partial charge in [-0.2, -0.15) is 0 Å². The van der Waals surface area contributed by atoms with Gasteiger partial charge in [0.1, 0.15) is 0 Å². The highest BCUT2D eigenvalue weighted by atomic mass is 28.3. The Kier molecular flexibility index (Phi) is 2.21. The summed E-state index contributed by atoms with van der Waals surface area (Å²) in [6, 6.07) is 0. The van der Waals surface area contributed by atoms with Crippen LogP contribution in [0.4, 0.5) is 0 Å². The van der Waals surface area contributed by atoms with Crippen LogP contribution in [0, 0.1) is 23.7 Å². The van der Waals surface area contributed by atoms with E-state index in [0.717, 1.165) is 0 Å². The van der Waals surface area contributed by atoms with Crippen LogP contribution in [-0.4, -0.2) is 33.2 Å². The number of hydrogen-bond acceptors (Lipinski definition) is 4. The van der Waals surface area contributed by atoms with E-state index in [1.165, 1.54) is 0 Å². The molecule has 17 heavy (non-hydrogen) atoms. The summed E-state index contributed by atoms with van der Waals surface area (Å²) in [4.78, 5) is 23.6. The van der Waals surface area contributed by atoms with E-state index in [9.17, 15) is 9.59 Å². The van der Waals surface area contributed by atoms with Gasteiger partial charge in [-0.15, -0.1) is 0 Å². The molecule has 2 heterocycles. The Balaban J connectivity index is 2.02. The Morgan fingerprint density at radius 1 is 0.941 bits per heavy atom. The van der Waals surface area contributed by atoms with Gasteiger partial charge in [0.2, 0.25) is 0 Å². The lowest BCUT2D eigenvalue weighted by molar-refractivity contribution is -0.149. The molecule has 3 fully saturated rings. The third kappa shape index (κ3) is 1.41. The molecule has 0 spiro atoms. The lowest BCUT2D eigenvalue weighted by Gasteiger charge is -2.32. The minimum Gasteiger partial charge on any atom is -0.465 e. The molecule has 5 atom stereocenters. The molecule has 1 unspecified atom stereocenters. The molecule has 0 aromatic rings. The van der Waals surface area contributed by atoms with Crippen molar-refractivity contribution in [1.82, 2.24) is 0 Å². The molecule has 2 saturated heterocycles. The van der Waals surface area contributed by atoms with E-state index < -0.39 is 8.07 Å². The second kappa shape index (κ2) is 3.34. The minimum absolute atomic E-state index is 0.176. The summed E-state index contributed by atoms with van der Waals surface area (Å²) in [6.07, 6.45) is 0. The summed E-state index contributed by atoms with van der Waals surface area (Å²) in [6.45, 7) is 7.95.